The molecule has 8 heteroatoms. The van der Waals surface area contributed by atoms with Gasteiger partial charge in [-0.2, -0.15) is 0 Å². The van der Waals surface area contributed by atoms with Crippen molar-refractivity contribution in [3.05, 3.63) is 30.0 Å². The fourth-order valence-electron chi connectivity index (χ4n) is 0.707. The summed E-state index contributed by atoms with van der Waals surface area (Å²) in [6, 6.07) is 0. The van der Waals surface area contributed by atoms with E-state index in [0.717, 1.165) is 17.3 Å². The molecule has 16 heavy (non-hydrogen) atoms. The van der Waals surface area contributed by atoms with E-state index in [1.54, 1.807) is 12.4 Å². The molecule has 0 N–H and O–H groups in total. The van der Waals surface area contributed by atoms with Gasteiger partial charge in [-0.1, -0.05) is 11.8 Å². The van der Waals surface area contributed by atoms with Gasteiger partial charge in [0.25, 0.3) is 0 Å². The molecule has 0 aliphatic heterocycles. The summed E-state index contributed by atoms with van der Waals surface area (Å²) in [5.74, 6) is -0.216. The van der Waals surface area contributed by atoms with Gasteiger partial charge in [0, 0.05) is 12.4 Å². The maximum Gasteiger partial charge on any atom is 1.00 e. The SMILES string of the molecule is C=C(CSc1ncc(C)cn1)[B-](F)(F)F.[K+]. The number of hydrogen-bond donors (Lipinski definition) is 0. The maximum absolute atomic E-state index is 12.1. The first-order valence-electron chi connectivity index (χ1n) is 4.18. The van der Waals surface area contributed by atoms with Crippen LogP contribution in [0.5, 0.6) is 0 Å². The maximum atomic E-state index is 12.1. The summed E-state index contributed by atoms with van der Waals surface area (Å²) in [4.78, 5) is 7.77. The number of rotatable bonds is 4. The van der Waals surface area contributed by atoms with E-state index in [9.17, 15) is 12.9 Å². The molecular weight excluding hydrogens is 263 g/mol. The second-order valence-electron chi connectivity index (χ2n) is 3.06. The van der Waals surface area contributed by atoms with Crippen molar-refractivity contribution in [2.75, 3.05) is 5.75 Å². The zero-order chi connectivity index (χ0) is 11.5. The van der Waals surface area contributed by atoms with E-state index in [-0.39, 0.29) is 57.1 Å². The fourth-order valence-corrected chi connectivity index (χ4v) is 1.46. The summed E-state index contributed by atoms with van der Waals surface area (Å²) in [5, 5.41) is 0.335. The van der Waals surface area contributed by atoms with Gasteiger partial charge in [0.1, 0.15) is 0 Å². The summed E-state index contributed by atoms with van der Waals surface area (Å²) >= 11 is 0.938. The van der Waals surface area contributed by atoms with Gasteiger partial charge in [-0.05, 0) is 18.2 Å². The van der Waals surface area contributed by atoms with Crippen LogP contribution < -0.4 is 51.4 Å². The number of thioether (sulfide) groups is 1. The number of aryl methyl sites for hydroxylation is 1. The predicted molar refractivity (Wildman–Crippen MR) is 55.7 cm³/mol. The molecule has 1 rings (SSSR count). The summed E-state index contributed by atoms with van der Waals surface area (Å²) in [7, 11) is 0. The van der Waals surface area contributed by atoms with Crippen LogP contribution >= 0.6 is 11.8 Å². The smallest absolute Gasteiger partial charge is 0.445 e. The zero-order valence-corrected chi connectivity index (χ0v) is 13.0. The molecule has 0 aliphatic rings. The summed E-state index contributed by atoms with van der Waals surface area (Å²) in [6.45, 7) is -0.151. The molecule has 0 saturated heterocycles. The Kier molecular flexibility index (Phi) is 7.47. The molecule has 0 spiro atoms. The molecule has 1 aromatic heterocycles. The first-order valence-corrected chi connectivity index (χ1v) is 5.17. The van der Waals surface area contributed by atoms with Gasteiger partial charge in [-0.25, -0.2) is 9.97 Å². The summed E-state index contributed by atoms with van der Waals surface area (Å²) in [5.41, 5.74) is 0.155. The number of hydrogen-bond acceptors (Lipinski definition) is 3. The van der Waals surface area contributed by atoms with Crippen LogP contribution in [0.2, 0.25) is 0 Å². The van der Waals surface area contributed by atoms with Crippen LogP contribution in [0.25, 0.3) is 0 Å². The van der Waals surface area contributed by atoms with Crippen LogP contribution in [0.3, 0.4) is 0 Å². The van der Waals surface area contributed by atoms with Crippen LogP contribution in [0.4, 0.5) is 12.9 Å². The first-order chi connectivity index (χ1) is 6.89. The van der Waals surface area contributed by atoms with E-state index >= 15 is 0 Å². The Balaban J connectivity index is 0.00000225. The van der Waals surface area contributed by atoms with E-state index in [1.165, 1.54) is 0 Å². The van der Waals surface area contributed by atoms with E-state index in [1.807, 2.05) is 6.92 Å². The van der Waals surface area contributed by atoms with Crippen molar-refractivity contribution >= 4 is 18.7 Å². The number of nitrogens with zero attached hydrogens (tertiary/aromatic N) is 2. The zero-order valence-electron chi connectivity index (χ0n) is 9.08. The van der Waals surface area contributed by atoms with Gasteiger partial charge in [-0.15, -0.1) is 12.1 Å². The van der Waals surface area contributed by atoms with Crippen molar-refractivity contribution in [3.63, 3.8) is 0 Å². The van der Waals surface area contributed by atoms with E-state index < -0.39 is 12.4 Å². The molecule has 1 aromatic rings. The standard InChI is InChI=1S/C8H9BF3N2S.K/c1-6-3-13-8(14-4-6)15-5-7(2)9(10,11)12;/h3-4H,2,5H2,1H3;/q-1;+1. The molecule has 0 fully saturated rings. The Morgan fingerprint density at radius 2 is 1.88 bits per heavy atom. The molecule has 0 amide bonds. The van der Waals surface area contributed by atoms with Gasteiger partial charge < -0.3 is 12.9 Å². The van der Waals surface area contributed by atoms with Gasteiger partial charge in [0.05, 0.1) is 0 Å². The molecule has 0 aliphatic carbocycles. The Morgan fingerprint density at radius 3 is 2.31 bits per heavy atom. The van der Waals surface area contributed by atoms with Crippen LogP contribution in [0.1, 0.15) is 5.56 Å². The first kappa shape index (κ1) is 16.7. The topological polar surface area (TPSA) is 25.8 Å². The normalized spacial score (nSPS) is 10.8. The minimum atomic E-state index is -4.95. The van der Waals surface area contributed by atoms with Crippen LogP contribution in [-0.4, -0.2) is 22.7 Å². The molecule has 0 saturated carbocycles. The fraction of sp³-hybridized carbons (Fsp3) is 0.250. The van der Waals surface area contributed by atoms with Crippen molar-refractivity contribution in [1.29, 1.82) is 0 Å². The van der Waals surface area contributed by atoms with E-state index in [0.29, 0.717) is 5.16 Å². The molecule has 0 atom stereocenters. The van der Waals surface area contributed by atoms with Crippen LogP contribution in [-0.2, 0) is 0 Å². The van der Waals surface area contributed by atoms with Crippen LogP contribution in [0.15, 0.2) is 29.6 Å². The molecule has 0 bridgehead atoms. The van der Waals surface area contributed by atoms with Gasteiger partial charge in [0.15, 0.2) is 5.16 Å². The molecular formula is C8H9BF3KN2S. The van der Waals surface area contributed by atoms with Crippen molar-refractivity contribution in [2.45, 2.75) is 12.1 Å². The van der Waals surface area contributed by atoms with Crippen molar-refractivity contribution in [1.82, 2.24) is 9.97 Å². The number of halogens is 3. The predicted octanol–water partition coefficient (Wildman–Crippen LogP) is -0.176. The van der Waals surface area contributed by atoms with Crippen LogP contribution in [0, 0.1) is 6.92 Å². The number of aromatic nitrogens is 2. The van der Waals surface area contributed by atoms with Gasteiger partial charge >= 0.3 is 58.4 Å². The molecule has 82 valence electrons. The second kappa shape index (κ2) is 7.17. The Morgan fingerprint density at radius 1 is 1.38 bits per heavy atom. The Hall–Kier alpha value is 0.661. The van der Waals surface area contributed by atoms with Gasteiger partial charge in [-0.3, -0.25) is 0 Å². The molecule has 0 aromatic carbocycles. The largest absolute Gasteiger partial charge is 1.00 e. The third-order valence-electron chi connectivity index (χ3n) is 1.61. The quantitative estimate of drug-likeness (QED) is 0.432. The van der Waals surface area contributed by atoms with Crippen molar-refractivity contribution in [2.24, 2.45) is 0 Å². The molecule has 0 radical (unpaired) electrons. The third kappa shape index (κ3) is 5.83. The van der Waals surface area contributed by atoms with Gasteiger partial charge in [0.2, 0.25) is 0 Å². The third-order valence-corrected chi connectivity index (χ3v) is 2.59. The van der Waals surface area contributed by atoms with Crippen molar-refractivity contribution < 1.29 is 64.3 Å². The summed E-state index contributed by atoms with van der Waals surface area (Å²) in [6.07, 6.45) is 3.13. The Bertz CT molecular complexity index is 355. The molecule has 1 heterocycles. The Labute approximate surface area is 139 Å². The van der Waals surface area contributed by atoms with E-state index in [4.69, 9.17) is 0 Å². The average molecular weight is 272 g/mol. The average Bonchev–Trinajstić information content (AvgIpc) is 2.15. The molecule has 0 unspecified atom stereocenters. The minimum absolute atomic E-state index is 0. The minimum Gasteiger partial charge on any atom is -0.445 e. The monoisotopic (exact) mass is 272 g/mol. The second-order valence-corrected chi connectivity index (χ2v) is 4.01. The summed E-state index contributed by atoms with van der Waals surface area (Å²) < 4.78 is 36.4. The van der Waals surface area contributed by atoms with Crippen molar-refractivity contribution in [3.8, 4) is 0 Å². The molecule has 2 nitrogen and oxygen atoms in total. The van der Waals surface area contributed by atoms with E-state index in [2.05, 4.69) is 16.5 Å².